The summed E-state index contributed by atoms with van der Waals surface area (Å²) in [5.74, 6) is -1.51. The zero-order valence-electron chi connectivity index (χ0n) is 16.8. The molecule has 2 amide bonds. The van der Waals surface area contributed by atoms with Gasteiger partial charge in [0.2, 0.25) is 5.91 Å². The van der Waals surface area contributed by atoms with Gasteiger partial charge >= 0.3 is 12.1 Å². The summed E-state index contributed by atoms with van der Waals surface area (Å²) in [6.45, 7) is 5.30. The topological polar surface area (TPSA) is 105 Å². The van der Waals surface area contributed by atoms with Gasteiger partial charge in [-0.3, -0.25) is 4.79 Å². The second-order valence-corrected chi connectivity index (χ2v) is 8.98. The third-order valence-corrected chi connectivity index (χ3v) is 5.65. The molecule has 2 aliphatic carbocycles. The fraction of sp³-hybridized carbons (Fsp3) is 0.850. The van der Waals surface area contributed by atoms with Crippen LogP contribution in [0, 0.1) is 11.3 Å². The maximum Gasteiger partial charge on any atom is 0.408 e. The van der Waals surface area contributed by atoms with E-state index in [1.54, 1.807) is 20.8 Å². The first-order valence-electron chi connectivity index (χ1n) is 10.2. The summed E-state index contributed by atoms with van der Waals surface area (Å²) in [6, 6.07) is -1.79. The number of nitrogens with one attached hydrogen (secondary N) is 2. The number of amides is 2. The summed E-state index contributed by atoms with van der Waals surface area (Å²) in [7, 11) is 0. The van der Waals surface area contributed by atoms with E-state index in [0.717, 1.165) is 57.8 Å². The number of aliphatic carboxylic acids is 1. The average Bonchev–Trinajstić information content (AvgIpc) is 3.09. The van der Waals surface area contributed by atoms with Gasteiger partial charge < -0.3 is 20.5 Å². The molecule has 0 heterocycles. The van der Waals surface area contributed by atoms with Gasteiger partial charge in [0.25, 0.3) is 0 Å². The van der Waals surface area contributed by atoms with Gasteiger partial charge in [-0.05, 0) is 49.9 Å². The number of carboxylic acids is 1. The highest BCUT2D eigenvalue weighted by molar-refractivity contribution is 5.89. The number of alkyl carbamates (subject to hydrolysis) is 1. The van der Waals surface area contributed by atoms with Crippen LogP contribution in [0.4, 0.5) is 4.79 Å². The van der Waals surface area contributed by atoms with Crippen LogP contribution in [0.3, 0.4) is 0 Å². The number of hydrogen-bond acceptors (Lipinski definition) is 4. The second kappa shape index (κ2) is 9.42. The smallest absolute Gasteiger partial charge is 0.408 e. The van der Waals surface area contributed by atoms with Crippen molar-refractivity contribution in [3.63, 3.8) is 0 Å². The molecule has 2 atom stereocenters. The minimum absolute atomic E-state index is 0.00397. The molecule has 0 aromatic heterocycles. The van der Waals surface area contributed by atoms with Gasteiger partial charge in [-0.25, -0.2) is 9.59 Å². The number of ether oxygens (including phenoxy) is 1. The van der Waals surface area contributed by atoms with E-state index >= 15 is 0 Å². The molecule has 2 aliphatic rings. The fourth-order valence-electron chi connectivity index (χ4n) is 4.06. The lowest BCUT2D eigenvalue weighted by molar-refractivity contribution is -0.145. The largest absolute Gasteiger partial charge is 0.480 e. The molecule has 154 valence electrons. The molecule has 0 aromatic rings. The molecule has 7 heteroatoms. The lowest BCUT2D eigenvalue weighted by atomic mass is 9.82. The van der Waals surface area contributed by atoms with Crippen LogP contribution in [0.25, 0.3) is 0 Å². The van der Waals surface area contributed by atoms with Gasteiger partial charge in [0, 0.05) is 0 Å². The SMILES string of the molecule is CC(C)(C)[C@H](NC(=O)[C@@H](NC(=O)OC1CCCC1)C1CCCCC1)C(=O)O. The van der Waals surface area contributed by atoms with Crippen molar-refractivity contribution in [1.82, 2.24) is 10.6 Å². The predicted octanol–water partition coefficient (Wildman–Crippen LogP) is 3.22. The van der Waals surface area contributed by atoms with Crippen LogP contribution in [0.1, 0.15) is 78.6 Å². The maximum atomic E-state index is 12.9. The summed E-state index contributed by atoms with van der Waals surface area (Å²) < 4.78 is 5.46. The molecule has 2 fully saturated rings. The van der Waals surface area contributed by atoms with Crippen LogP contribution >= 0.6 is 0 Å². The van der Waals surface area contributed by atoms with Crippen LogP contribution in [0.5, 0.6) is 0 Å². The Morgan fingerprint density at radius 2 is 1.48 bits per heavy atom. The third kappa shape index (κ3) is 6.40. The first-order chi connectivity index (χ1) is 12.7. The Bertz CT molecular complexity index is 531. The molecular formula is C20H34N2O5. The quantitative estimate of drug-likeness (QED) is 0.654. The van der Waals surface area contributed by atoms with Crippen molar-refractivity contribution >= 4 is 18.0 Å². The summed E-state index contributed by atoms with van der Waals surface area (Å²) >= 11 is 0. The standard InChI is InChI=1S/C20H34N2O5/c1-20(2,3)16(18(24)25)22-17(23)15(13-9-5-4-6-10-13)21-19(26)27-14-11-7-8-12-14/h13-16H,4-12H2,1-3H3,(H,21,26)(H,22,23)(H,24,25)/t15-,16+/m0/s1. The Kier molecular flexibility index (Phi) is 7.50. The Balaban J connectivity index is 2.06. The van der Waals surface area contributed by atoms with Crippen molar-refractivity contribution in [3.05, 3.63) is 0 Å². The van der Waals surface area contributed by atoms with Crippen LogP contribution in [0.2, 0.25) is 0 Å². The lowest BCUT2D eigenvalue weighted by Gasteiger charge is -2.33. The van der Waals surface area contributed by atoms with Crippen molar-refractivity contribution in [3.8, 4) is 0 Å². The highest BCUT2D eigenvalue weighted by Gasteiger charge is 2.38. The molecule has 3 N–H and O–H groups in total. The first kappa shape index (κ1) is 21.5. The summed E-state index contributed by atoms with van der Waals surface area (Å²) in [4.78, 5) is 36.9. The van der Waals surface area contributed by atoms with E-state index in [1.807, 2.05) is 0 Å². The predicted molar refractivity (Wildman–Crippen MR) is 101 cm³/mol. The van der Waals surface area contributed by atoms with Gasteiger partial charge in [-0.2, -0.15) is 0 Å². The monoisotopic (exact) mass is 382 g/mol. The summed E-state index contributed by atoms with van der Waals surface area (Å²) in [5.41, 5.74) is -0.636. The zero-order valence-corrected chi connectivity index (χ0v) is 16.8. The number of carbonyl (C=O) groups excluding carboxylic acids is 2. The van der Waals surface area contributed by atoms with E-state index in [4.69, 9.17) is 4.74 Å². The zero-order chi connectivity index (χ0) is 20.0. The summed E-state index contributed by atoms with van der Waals surface area (Å²) in [5, 5.41) is 14.9. The first-order valence-corrected chi connectivity index (χ1v) is 10.2. The molecule has 2 saturated carbocycles. The fourth-order valence-corrected chi connectivity index (χ4v) is 4.06. The molecule has 0 aliphatic heterocycles. The molecule has 0 aromatic carbocycles. The van der Waals surface area contributed by atoms with Crippen LogP contribution in [0.15, 0.2) is 0 Å². The molecule has 0 bridgehead atoms. The molecule has 0 spiro atoms. The minimum Gasteiger partial charge on any atom is -0.480 e. The Hall–Kier alpha value is -1.79. The molecule has 2 rings (SSSR count). The number of hydrogen-bond donors (Lipinski definition) is 3. The molecule has 0 saturated heterocycles. The van der Waals surface area contributed by atoms with Crippen molar-refractivity contribution < 1.29 is 24.2 Å². The molecule has 0 radical (unpaired) electrons. The molecule has 27 heavy (non-hydrogen) atoms. The van der Waals surface area contributed by atoms with Gasteiger partial charge in [-0.15, -0.1) is 0 Å². The summed E-state index contributed by atoms with van der Waals surface area (Å²) in [6.07, 6.45) is 7.99. The van der Waals surface area contributed by atoms with Gasteiger partial charge in [-0.1, -0.05) is 40.0 Å². The van der Waals surface area contributed by atoms with Crippen LogP contribution < -0.4 is 10.6 Å². The van der Waals surface area contributed by atoms with E-state index in [0.29, 0.717) is 0 Å². The molecule has 0 unspecified atom stereocenters. The van der Waals surface area contributed by atoms with Gasteiger partial charge in [0.15, 0.2) is 0 Å². The number of rotatable bonds is 6. The van der Waals surface area contributed by atoms with E-state index in [-0.39, 0.29) is 12.0 Å². The van der Waals surface area contributed by atoms with E-state index in [2.05, 4.69) is 10.6 Å². The normalized spacial score (nSPS) is 21.3. The maximum absolute atomic E-state index is 12.9. The van der Waals surface area contributed by atoms with E-state index in [1.165, 1.54) is 0 Å². The number of carbonyl (C=O) groups is 3. The third-order valence-electron chi connectivity index (χ3n) is 5.65. The minimum atomic E-state index is -1.08. The highest BCUT2D eigenvalue weighted by Crippen LogP contribution is 2.28. The lowest BCUT2D eigenvalue weighted by Crippen LogP contribution is -2.57. The second-order valence-electron chi connectivity index (χ2n) is 8.98. The van der Waals surface area contributed by atoms with Crippen molar-refractivity contribution in [2.75, 3.05) is 0 Å². The van der Waals surface area contributed by atoms with Crippen LogP contribution in [-0.2, 0) is 14.3 Å². The number of carboxylic acid groups (broad SMARTS) is 1. The van der Waals surface area contributed by atoms with Crippen molar-refractivity contribution in [2.24, 2.45) is 11.3 Å². The van der Waals surface area contributed by atoms with Crippen molar-refractivity contribution in [1.29, 1.82) is 0 Å². The Labute approximate surface area is 161 Å². The highest BCUT2D eigenvalue weighted by atomic mass is 16.6. The average molecular weight is 383 g/mol. The Morgan fingerprint density at radius 3 is 2.00 bits per heavy atom. The Morgan fingerprint density at radius 1 is 0.926 bits per heavy atom. The van der Waals surface area contributed by atoms with E-state index < -0.39 is 35.5 Å². The van der Waals surface area contributed by atoms with Crippen LogP contribution in [-0.4, -0.2) is 41.3 Å². The molecular weight excluding hydrogens is 348 g/mol. The van der Waals surface area contributed by atoms with E-state index in [9.17, 15) is 19.5 Å². The van der Waals surface area contributed by atoms with Gasteiger partial charge in [0.1, 0.15) is 18.2 Å². The molecule has 7 nitrogen and oxygen atoms in total. The van der Waals surface area contributed by atoms with Crippen molar-refractivity contribution in [2.45, 2.75) is 96.7 Å². The van der Waals surface area contributed by atoms with Gasteiger partial charge in [0.05, 0.1) is 0 Å².